The van der Waals surface area contributed by atoms with Gasteiger partial charge in [-0.15, -0.1) is 0 Å². The standard InChI is InChI=1S/C25H38O4/c1-6-7-8-9-11-23(2,3)16-13-19(26)21(20(27)14-16)17-15-25(22(28)29)12-10-18(17)24(25,4)5/h13-14,17-18,26-27H,6-12,15H2,1-5H3,(H,28,29). The van der Waals surface area contributed by atoms with Crippen molar-refractivity contribution in [3.63, 3.8) is 0 Å². The summed E-state index contributed by atoms with van der Waals surface area (Å²) in [5.41, 5.74) is 0.259. The first kappa shape index (κ1) is 22.0. The van der Waals surface area contributed by atoms with E-state index in [-0.39, 0.29) is 34.2 Å². The average Bonchev–Trinajstić information content (AvgIpc) is 3.02. The second-order valence-electron chi connectivity index (χ2n) is 10.7. The molecule has 2 bridgehead atoms. The Labute approximate surface area is 175 Å². The largest absolute Gasteiger partial charge is 0.508 e. The van der Waals surface area contributed by atoms with Gasteiger partial charge < -0.3 is 15.3 Å². The SMILES string of the molecule is CCCCCCC(C)(C)c1cc(O)c(C2CC3(C(=O)O)CCC2C3(C)C)c(O)c1. The lowest BCUT2D eigenvalue weighted by molar-refractivity contribution is -0.153. The third-order valence-corrected chi connectivity index (χ3v) is 8.45. The number of aliphatic carboxylic acids is 1. The highest BCUT2D eigenvalue weighted by Gasteiger charge is 2.67. The topological polar surface area (TPSA) is 77.8 Å². The Morgan fingerprint density at radius 3 is 2.28 bits per heavy atom. The number of benzene rings is 1. The highest BCUT2D eigenvalue weighted by Crippen LogP contribution is 2.71. The van der Waals surface area contributed by atoms with Crippen LogP contribution >= 0.6 is 0 Å². The molecule has 2 fully saturated rings. The molecule has 3 unspecified atom stereocenters. The molecule has 2 aliphatic rings. The number of fused-ring (bicyclic) bond motifs is 2. The molecule has 0 radical (unpaired) electrons. The first-order valence-corrected chi connectivity index (χ1v) is 11.3. The van der Waals surface area contributed by atoms with Crippen molar-refractivity contribution >= 4 is 5.97 Å². The van der Waals surface area contributed by atoms with Gasteiger partial charge in [0.1, 0.15) is 11.5 Å². The molecular formula is C25H38O4. The van der Waals surface area contributed by atoms with Gasteiger partial charge >= 0.3 is 5.97 Å². The van der Waals surface area contributed by atoms with E-state index in [2.05, 4.69) is 20.8 Å². The molecule has 1 aromatic rings. The van der Waals surface area contributed by atoms with E-state index >= 15 is 0 Å². The minimum absolute atomic E-state index is 0.114. The van der Waals surface area contributed by atoms with Crippen molar-refractivity contribution in [2.24, 2.45) is 16.7 Å². The van der Waals surface area contributed by atoms with Crippen molar-refractivity contribution in [2.75, 3.05) is 0 Å². The molecule has 2 aliphatic carbocycles. The van der Waals surface area contributed by atoms with Gasteiger partial charge in [0.25, 0.3) is 0 Å². The van der Waals surface area contributed by atoms with Gasteiger partial charge in [0.15, 0.2) is 0 Å². The van der Waals surface area contributed by atoms with E-state index in [0.717, 1.165) is 24.8 Å². The molecule has 0 aromatic heterocycles. The average molecular weight is 403 g/mol. The van der Waals surface area contributed by atoms with Gasteiger partial charge in [-0.3, -0.25) is 4.79 Å². The highest BCUT2D eigenvalue weighted by molar-refractivity contribution is 5.78. The first-order valence-electron chi connectivity index (χ1n) is 11.3. The summed E-state index contributed by atoms with van der Waals surface area (Å²) >= 11 is 0. The van der Waals surface area contributed by atoms with Gasteiger partial charge in [-0.1, -0.05) is 60.3 Å². The minimum atomic E-state index is -0.765. The Morgan fingerprint density at radius 1 is 1.14 bits per heavy atom. The Balaban J connectivity index is 1.89. The number of phenols is 2. The number of aromatic hydroxyl groups is 2. The zero-order valence-corrected chi connectivity index (χ0v) is 18.7. The molecule has 1 aromatic carbocycles. The molecule has 3 rings (SSSR count). The van der Waals surface area contributed by atoms with E-state index < -0.39 is 11.4 Å². The number of unbranched alkanes of at least 4 members (excludes halogenated alkanes) is 3. The third-order valence-electron chi connectivity index (χ3n) is 8.45. The van der Waals surface area contributed by atoms with Crippen LogP contribution in [0, 0.1) is 16.7 Å². The molecule has 4 heteroatoms. The van der Waals surface area contributed by atoms with Crippen LogP contribution in [0.2, 0.25) is 0 Å². The smallest absolute Gasteiger partial charge is 0.310 e. The van der Waals surface area contributed by atoms with E-state index in [1.807, 2.05) is 13.8 Å². The van der Waals surface area contributed by atoms with Gasteiger partial charge in [-0.25, -0.2) is 0 Å². The Kier molecular flexibility index (Phi) is 5.70. The van der Waals surface area contributed by atoms with Crippen molar-refractivity contribution < 1.29 is 20.1 Å². The van der Waals surface area contributed by atoms with Gasteiger partial charge in [-0.05, 0) is 66.0 Å². The third kappa shape index (κ3) is 3.43. The maximum Gasteiger partial charge on any atom is 0.310 e. The van der Waals surface area contributed by atoms with Crippen LogP contribution in [0.5, 0.6) is 11.5 Å². The molecule has 29 heavy (non-hydrogen) atoms. The quantitative estimate of drug-likeness (QED) is 0.443. The Hall–Kier alpha value is -1.71. The number of hydrogen-bond donors (Lipinski definition) is 3. The van der Waals surface area contributed by atoms with Gasteiger partial charge in [0.2, 0.25) is 0 Å². The predicted molar refractivity (Wildman–Crippen MR) is 115 cm³/mol. The van der Waals surface area contributed by atoms with Crippen molar-refractivity contribution in [1.82, 2.24) is 0 Å². The van der Waals surface area contributed by atoms with Crippen LogP contribution in [0.4, 0.5) is 0 Å². The summed E-state index contributed by atoms with van der Waals surface area (Å²) in [6.45, 7) is 10.6. The molecule has 4 nitrogen and oxygen atoms in total. The summed E-state index contributed by atoms with van der Waals surface area (Å²) in [6, 6.07) is 3.61. The summed E-state index contributed by atoms with van der Waals surface area (Å²) in [5, 5.41) is 31.8. The first-order chi connectivity index (χ1) is 13.5. The second-order valence-corrected chi connectivity index (χ2v) is 10.7. The monoisotopic (exact) mass is 402 g/mol. The van der Waals surface area contributed by atoms with Crippen LogP contribution in [-0.4, -0.2) is 21.3 Å². The van der Waals surface area contributed by atoms with Crippen molar-refractivity contribution in [2.45, 2.75) is 97.3 Å². The summed E-state index contributed by atoms with van der Waals surface area (Å²) < 4.78 is 0. The van der Waals surface area contributed by atoms with Crippen LogP contribution in [0.3, 0.4) is 0 Å². The number of carboxylic acids is 1. The van der Waals surface area contributed by atoms with Crippen LogP contribution in [0.25, 0.3) is 0 Å². The number of hydrogen-bond acceptors (Lipinski definition) is 3. The summed E-state index contributed by atoms with van der Waals surface area (Å²) in [5.74, 6) is -0.456. The molecule has 3 atom stereocenters. The summed E-state index contributed by atoms with van der Waals surface area (Å²) in [7, 11) is 0. The fraction of sp³-hybridized carbons (Fsp3) is 0.720. The van der Waals surface area contributed by atoms with Crippen LogP contribution in [-0.2, 0) is 10.2 Å². The molecular weight excluding hydrogens is 364 g/mol. The molecule has 0 spiro atoms. The normalized spacial score (nSPS) is 28.0. The van der Waals surface area contributed by atoms with E-state index in [1.54, 1.807) is 12.1 Å². The van der Waals surface area contributed by atoms with Crippen molar-refractivity contribution in [3.05, 3.63) is 23.3 Å². The number of carbonyl (C=O) groups is 1. The number of phenolic OH excluding ortho intramolecular Hbond substituents is 2. The fourth-order valence-corrected chi connectivity index (χ4v) is 6.33. The Bertz CT molecular complexity index is 756. The van der Waals surface area contributed by atoms with Crippen molar-refractivity contribution in [1.29, 1.82) is 0 Å². The second kappa shape index (κ2) is 7.52. The highest BCUT2D eigenvalue weighted by atomic mass is 16.4. The molecule has 3 N–H and O–H groups in total. The number of carboxylic acid groups (broad SMARTS) is 1. The summed E-state index contributed by atoms with van der Waals surface area (Å²) in [4.78, 5) is 12.2. The van der Waals surface area contributed by atoms with Gasteiger partial charge in [0, 0.05) is 5.56 Å². The van der Waals surface area contributed by atoms with Crippen LogP contribution in [0.1, 0.15) is 103 Å². The maximum absolute atomic E-state index is 12.2. The van der Waals surface area contributed by atoms with Crippen molar-refractivity contribution in [3.8, 4) is 11.5 Å². The molecule has 162 valence electrons. The summed E-state index contributed by atoms with van der Waals surface area (Å²) in [6.07, 6.45) is 7.76. The Morgan fingerprint density at radius 2 is 1.76 bits per heavy atom. The fourth-order valence-electron chi connectivity index (χ4n) is 6.33. The van der Waals surface area contributed by atoms with E-state index in [9.17, 15) is 20.1 Å². The minimum Gasteiger partial charge on any atom is -0.508 e. The van der Waals surface area contributed by atoms with Crippen LogP contribution < -0.4 is 0 Å². The van der Waals surface area contributed by atoms with E-state index in [4.69, 9.17) is 0 Å². The molecule has 2 saturated carbocycles. The molecule has 0 heterocycles. The lowest BCUT2D eigenvalue weighted by Crippen LogP contribution is -2.37. The van der Waals surface area contributed by atoms with Crippen LogP contribution in [0.15, 0.2) is 12.1 Å². The van der Waals surface area contributed by atoms with E-state index in [0.29, 0.717) is 18.4 Å². The molecule has 0 saturated heterocycles. The lowest BCUT2D eigenvalue weighted by atomic mass is 9.69. The number of rotatable bonds is 8. The molecule has 0 aliphatic heterocycles. The maximum atomic E-state index is 12.2. The van der Waals surface area contributed by atoms with Gasteiger partial charge in [0.05, 0.1) is 5.41 Å². The van der Waals surface area contributed by atoms with Gasteiger partial charge in [-0.2, -0.15) is 0 Å². The predicted octanol–water partition coefficient (Wildman–Crippen LogP) is 6.34. The molecule has 0 amide bonds. The zero-order chi connectivity index (χ0) is 21.6. The van der Waals surface area contributed by atoms with E-state index in [1.165, 1.54) is 19.3 Å². The zero-order valence-electron chi connectivity index (χ0n) is 18.7. The lowest BCUT2D eigenvalue weighted by Gasteiger charge is -2.33.